The lowest BCUT2D eigenvalue weighted by atomic mass is 9.87. The molecule has 2 unspecified atom stereocenters. The van der Waals surface area contributed by atoms with Crippen molar-refractivity contribution < 1.29 is 14.3 Å². The molecule has 0 heterocycles. The lowest BCUT2D eigenvalue weighted by Gasteiger charge is -2.18. The molecule has 0 spiro atoms. The van der Waals surface area contributed by atoms with Crippen molar-refractivity contribution in [3.05, 3.63) is 35.6 Å². The lowest BCUT2D eigenvalue weighted by Crippen LogP contribution is -2.26. The molecule has 0 aliphatic carbocycles. The van der Waals surface area contributed by atoms with Crippen molar-refractivity contribution in [3.63, 3.8) is 0 Å². The van der Waals surface area contributed by atoms with E-state index in [4.69, 9.17) is 10.8 Å². The van der Waals surface area contributed by atoms with E-state index in [9.17, 15) is 9.18 Å². The SMILES string of the molecule is CCC(Cc1ccc(F)cc1)CC(CN)C(=O)O. The summed E-state index contributed by atoms with van der Waals surface area (Å²) >= 11 is 0. The topological polar surface area (TPSA) is 63.3 Å². The Morgan fingerprint density at radius 1 is 1.39 bits per heavy atom. The number of carbonyl (C=O) groups is 1. The van der Waals surface area contributed by atoms with Gasteiger partial charge in [-0.05, 0) is 36.5 Å². The van der Waals surface area contributed by atoms with Crippen molar-refractivity contribution in [1.82, 2.24) is 0 Å². The number of nitrogens with two attached hydrogens (primary N) is 1. The average molecular weight is 253 g/mol. The average Bonchev–Trinajstić information content (AvgIpc) is 2.36. The molecule has 2 atom stereocenters. The third kappa shape index (κ3) is 4.45. The molecular weight excluding hydrogens is 233 g/mol. The van der Waals surface area contributed by atoms with Gasteiger partial charge in [0.25, 0.3) is 0 Å². The summed E-state index contributed by atoms with van der Waals surface area (Å²) in [4.78, 5) is 10.9. The minimum atomic E-state index is -0.838. The van der Waals surface area contributed by atoms with Gasteiger partial charge in [0.05, 0.1) is 5.92 Å². The molecule has 0 amide bonds. The number of carboxylic acids is 1. The van der Waals surface area contributed by atoms with E-state index in [1.807, 2.05) is 6.92 Å². The fourth-order valence-electron chi connectivity index (χ4n) is 2.05. The van der Waals surface area contributed by atoms with Gasteiger partial charge in [-0.2, -0.15) is 0 Å². The maximum absolute atomic E-state index is 12.8. The molecule has 3 N–H and O–H groups in total. The summed E-state index contributed by atoms with van der Waals surface area (Å²) < 4.78 is 12.8. The predicted octanol–water partition coefficient (Wildman–Crippen LogP) is 2.44. The second-order valence-electron chi connectivity index (χ2n) is 4.61. The van der Waals surface area contributed by atoms with Crippen molar-refractivity contribution in [2.75, 3.05) is 6.54 Å². The molecule has 0 radical (unpaired) electrons. The Bertz CT molecular complexity index is 378. The molecule has 18 heavy (non-hydrogen) atoms. The summed E-state index contributed by atoms with van der Waals surface area (Å²) in [7, 11) is 0. The second-order valence-corrected chi connectivity index (χ2v) is 4.61. The molecule has 0 saturated heterocycles. The van der Waals surface area contributed by atoms with Gasteiger partial charge in [-0.1, -0.05) is 25.5 Å². The highest BCUT2D eigenvalue weighted by molar-refractivity contribution is 5.70. The van der Waals surface area contributed by atoms with E-state index in [-0.39, 0.29) is 18.3 Å². The first-order valence-corrected chi connectivity index (χ1v) is 6.24. The third-order valence-corrected chi connectivity index (χ3v) is 3.27. The van der Waals surface area contributed by atoms with Gasteiger partial charge in [0.1, 0.15) is 5.82 Å². The standard InChI is InChI=1S/C14H20FNO2/c1-2-10(8-12(9-16)14(17)18)7-11-3-5-13(15)6-4-11/h3-6,10,12H,2,7-9,16H2,1H3,(H,17,18). The Kier molecular flexibility index (Phi) is 5.78. The number of benzene rings is 1. The molecule has 0 fully saturated rings. The molecule has 100 valence electrons. The van der Waals surface area contributed by atoms with Gasteiger partial charge >= 0.3 is 5.97 Å². The van der Waals surface area contributed by atoms with E-state index >= 15 is 0 Å². The quantitative estimate of drug-likeness (QED) is 0.784. The van der Waals surface area contributed by atoms with E-state index in [2.05, 4.69) is 0 Å². The lowest BCUT2D eigenvalue weighted by molar-refractivity contribution is -0.142. The number of hydrogen-bond donors (Lipinski definition) is 2. The fraction of sp³-hybridized carbons (Fsp3) is 0.500. The highest BCUT2D eigenvalue weighted by Gasteiger charge is 2.20. The number of carboxylic acid groups (broad SMARTS) is 1. The molecule has 0 aliphatic rings. The van der Waals surface area contributed by atoms with Gasteiger partial charge in [0.15, 0.2) is 0 Å². The van der Waals surface area contributed by atoms with Gasteiger partial charge in [-0.25, -0.2) is 4.39 Å². The molecule has 0 aromatic heterocycles. The van der Waals surface area contributed by atoms with Gasteiger partial charge in [0.2, 0.25) is 0 Å². The van der Waals surface area contributed by atoms with Gasteiger partial charge in [-0.3, -0.25) is 4.79 Å². The van der Waals surface area contributed by atoms with Crippen LogP contribution in [0.25, 0.3) is 0 Å². The van der Waals surface area contributed by atoms with Crippen LogP contribution in [0.4, 0.5) is 4.39 Å². The van der Waals surface area contributed by atoms with Crippen LogP contribution in [0.15, 0.2) is 24.3 Å². The van der Waals surface area contributed by atoms with Crippen molar-refractivity contribution in [1.29, 1.82) is 0 Å². The van der Waals surface area contributed by atoms with Gasteiger partial charge in [0, 0.05) is 6.54 Å². The van der Waals surface area contributed by atoms with Crippen LogP contribution in [0.2, 0.25) is 0 Å². The van der Waals surface area contributed by atoms with Crippen molar-refractivity contribution in [2.24, 2.45) is 17.6 Å². The Labute approximate surface area is 107 Å². The Hall–Kier alpha value is -1.42. The molecule has 0 bridgehead atoms. The number of rotatable bonds is 7. The van der Waals surface area contributed by atoms with Crippen molar-refractivity contribution in [2.45, 2.75) is 26.2 Å². The molecule has 1 rings (SSSR count). The highest BCUT2D eigenvalue weighted by Crippen LogP contribution is 2.20. The van der Waals surface area contributed by atoms with Crippen molar-refractivity contribution in [3.8, 4) is 0 Å². The van der Waals surface area contributed by atoms with Gasteiger partial charge in [-0.15, -0.1) is 0 Å². The summed E-state index contributed by atoms with van der Waals surface area (Å²) in [5.41, 5.74) is 6.49. The molecule has 3 nitrogen and oxygen atoms in total. The molecule has 4 heteroatoms. The Morgan fingerprint density at radius 2 is 2.00 bits per heavy atom. The molecule has 1 aromatic rings. The van der Waals surface area contributed by atoms with E-state index in [0.717, 1.165) is 18.4 Å². The number of halogens is 1. The summed E-state index contributed by atoms with van der Waals surface area (Å²) in [5.74, 6) is -1.32. The molecule has 0 aliphatic heterocycles. The maximum Gasteiger partial charge on any atom is 0.307 e. The summed E-state index contributed by atoms with van der Waals surface area (Å²) in [6.07, 6.45) is 2.22. The fourth-order valence-corrected chi connectivity index (χ4v) is 2.05. The Morgan fingerprint density at radius 3 is 2.44 bits per heavy atom. The largest absolute Gasteiger partial charge is 0.481 e. The zero-order valence-electron chi connectivity index (χ0n) is 10.6. The summed E-state index contributed by atoms with van der Waals surface area (Å²) in [6.45, 7) is 2.19. The second kappa shape index (κ2) is 7.11. The van der Waals surface area contributed by atoms with E-state index < -0.39 is 11.9 Å². The third-order valence-electron chi connectivity index (χ3n) is 3.27. The van der Waals surface area contributed by atoms with E-state index in [1.165, 1.54) is 12.1 Å². The zero-order chi connectivity index (χ0) is 13.5. The molecule has 0 saturated carbocycles. The monoisotopic (exact) mass is 253 g/mol. The van der Waals surface area contributed by atoms with Crippen LogP contribution in [-0.2, 0) is 11.2 Å². The van der Waals surface area contributed by atoms with E-state index in [1.54, 1.807) is 12.1 Å². The normalized spacial score (nSPS) is 14.2. The van der Waals surface area contributed by atoms with Crippen LogP contribution < -0.4 is 5.73 Å². The van der Waals surface area contributed by atoms with Crippen LogP contribution in [0.5, 0.6) is 0 Å². The molecule has 1 aromatic carbocycles. The number of aliphatic carboxylic acids is 1. The van der Waals surface area contributed by atoms with Crippen LogP contribution in [0.3, 0.4) is 0 Å². The zero-order valence-corrected chi connectivity index (χ0v) is 10.6. The highest BCUT2D eigenvalue weighted by atomic mass is 19.1. The summed E-state index contributed by atoms with van der Waals surface area (Å²) in [6, 6.07) is 6.35. The smallest absolute Gasteiger partial charge is 0.307 e. The van der Waals surface area contributed by atoms with Crippen LogP contribution >= 0.6 is 0 Å². The first kappa shape index (κ1) is 14.6. The number of hydrogen-bond acceptors (Lipinski definition) is 2. The summed E-state index contributed by atoms with van der Waals surface area (Å²) in [5, 5.41) is 8.99. The Balaban J connectivity index is 2.61. The minimum absolute atomic E-state index is 0.162. The van der Waals surface area contributed by atoms with Crippen LogP contribution in [-0.4, -0.2) is 17.6 Å². The van der Waals surface area contributed by atoms with Crippen molar-refractivity contribution >= 4 is 5.97 Å². The van der Waals surface area contributed by atoms with E-state index in [0.29, 0.717) is 6.42 Å². The maximum atomic E-state index is 12.8. The van der Waals surface area contributed by atoms with Crippen LogP contribution in [0, 0.1) is 17.7 Å². The first-order chi connectivity index (χ1) is 8.56. The van der Waals surface area contributed by atoms with Crippen LogP contribution in [0.1, 0.15) is 25.3 Å². The first-order valence-electron chi connectivity index (χ1n) is 6.24. The van der Waals surface area contributed by atoms with Gasteiger partial charge < -0.3 is 10.8 Å². The molecular formula is C14H20FNO2. The predicted molar refractivity (Wildman–Crippen MR) is 68.7 cm³/mol. The minimum Gasteiger partial charge on any atom is -0.481 e.